The first-order valence-corrected chi connectivity index (χ1v) is 9.66. The fourth-order valence-corrected chi connectivity index (χ4v) is 4.32. The van der Waals surface area contributed by atoms with Crippen molar-refractivity contribution in [3.8, 4) is 0 Å². The van der Waals surface area contributed by atoms with Gasteiger partial charge in [0.15, 0.2) is 0 Å². The summed E-state index contributed by atoms with van der Waals surface area (Å²) in [4.78, 5) is 1.25. The highest BCUT2D eigenvalue weighted by Crippen LogP contribution is 2.20. The highest BCUT2D eigenvalue weighted by molar-refractivity contribution is 9.10. The van der Waals surface area contributed by atoms with Crippen molar-refractivity contribution in [3.63, 3.8) is 0 Å². The van der Waals surface area contributed by atoms with Gasteiger partial charge in [-0.1, -0.05) is 28.1 Å². The van der Waals surface area contributed by atoms with Crippen molar-refractivity contribution in [2.75, 3.05) is 0 Å². The van der Waals surface area contributed by atoms with Crippen LogP contribution < -0.4 is 4.72 Å². The molecule has 0 atom stereocenters. The minimum absolute atomic E-state index is 0.285. The lowest BCUT2D eigenvalue weighted by molar-refractivity contribution is 0.582. The fraction of sp³-hybridized carbons (Fsp3) is 0.167. The van der Waals surface area contributed by atoms with E-state index in [-0.39, 0.29) is 4.90 Å². The summed E-state index contributed by atoms with van der Waals surface area (Å²) in [7, 11) is -3.45. The summed E-state index contributed by atoms with van der Waals surface area (Å²) in [5, 5.41) is 2.64. The summed E-state index contributed by atoms with van der Waals surface area (Å²) in [5.41, 5.74) is 1.04. The van der Waals surface area contributed by atoms with Gasteiger partial charge in [-0.05, 0) is 39.7 Å². The predicted molar refractivity (Wildman–Crippen MR) is 85.1 cm³/mol. The van der Waals surface area contributed by atoms with E-state index in [2.05, 4.69) is 36.6 Å². The minimum atomic E-state index is -3.45. The molecule has 0 aliphatic heterocycles. The lowest BCUT2D eigenvalue weighted by Gasteiger charge is -2.06. The number of benzene rings is 1. The van der Waals surface area contributed by atoms with Crippen molar-refractivity contribution in [2.45, 2.75) is 16.8 Å². The van der Waals surface area contributed by atoms with Crippen molar-refractivity contribution < 1.29 is 8.42 Å². The van der Waals surface area contributed by atoms with Crippen molar-refractivity contribution in [2.24, 2.45) is 0 Å². The Hall–Kier alpha value is -0.210. The first-order chi connectivity index (χ1) is 9.01. The monoisotopic (exact) mass is 423 g/mol. The summed E-state index contributed by atoms with van der Waals surface area (Å²) < 4.78 is 27.7. The van der Waals surface area contributed by atoms with Crippen molar-refractivity contribution in [3.05, 3.63) is 50.6 Å². The molecule has 3 nitrogen and oxygen atoms in total. The second kappa shape index (κ2) is 6.49. The van der Waals surface area contributed by atoms with Crippen LogP contribution in [0.3, 0.4) is 0 Å². The van der Waals surface area contributed by atoms with Gasteiger partial charge in [-0.15, -0.1) is 11.3 Å². The molecule has 0 unspecified atom stereocenters. The zero-order valence-corrected chi connectivity index (χ0v) is 14.6. The van der Waals surface area contributed by atoms with Gasteiger partial charge < -0.3 is 0 Å². The Morgan fingerprint density at radius 3 is 2.42 bits per heavy atom. The number of nitrogens with one attached hydrogen (secondary N) is 1. The molecule has 0 amide bonds. The molecule has 0 saturated heterocycles. The van der Waals surface area contributed by atoms with Gasteiger partial charge in [0.25, 0.3) is 0 Å². The molecule has 0 aliphatic carbocycles. The highest BCUT2D eigenvalue weighted by atomic mass is 79.9. The molecule has 0 bridgehead atoms. The summed E-state index contributed by atoms with van der Waals surface area (Å²) in [5.74, 6) is 0. The van der Waals surface area contributed by atoms with Gasteiger partial charge in [0.1, 0.15) is 0 Å². The number of thiophene rings is 1. The van der Waals surface area contributed by atoms with Crippen LogP contribution in [0.2, 0.25) is 0 Å². The molecular weight excluding hydrogens is 414 g/mol. The largest absolute Gasteiger partial charge is 0.240 e. The van der Waals surface area contributed by atoms with Crippen LogP contribution in [-0.4, -0.2) is 8.42 Å². The Bertz CT molecular complexity index is 651. The van der Waals surface area contributed by atoms with Crippen molar-refractivity contribution in [1.82, 2.24) is 4.72 Å². The van der Waals surface area contributed by atoms with Gasteiger partial charge in [-0.25, -0.2) is 13.1 Å². The SMILES string of the molecule is O=S(=O)(NCc1cc(Br)cs1)c1ccc(CBr)cc1. The Morgan fingerprint density at radius 1 is 1.21 bits per heavy atom. The van der Waals surface area contributed by atoms with Crippen molar-refractivity contribution >= 4 is 53.2 Å². The number of halogens is 2. The molecule has 2 rings (SSSR count). The summed E-state index contributed by atoms with van der Waals surface area (Å²) in [6.45, 7) is 0.304. The first-order valence-electron chi connectivity index (χ1n) is 5.39. The quantitative estimate of drug-likeness (QED) is 0.740. The first kappa shape index (κ1) is 15.2. The average molecular weight is 425 g/mol. The molecule has 1 N–H and O–H groups in total. The van der Waals surface area contributed by atoms with Crippen LogP contribution in [0.5, 0.6) is 0 Å². The zero-order valence-electron chi connectivity index (χ0n) is 9.77. The topological polar surface area (TPSA) is 46.2 Å². The third-order valence-electron chi connectivity index (χ3n) is 2.45. The lowest BCUT2D eigenvalue weighted by Crippen LogP contribution is -2.22. The maximum absolute atomic E-state index is 12.1. The lowest BCUT2D eigenvalue weighted by atomic mass is 10.2. The van der Waals surface area contributed by atoms with Gasteiger partial charge in [0, 0.05) is 26.6 Å². The molecule has 0 spiro atoms. The van der Waals surface area contributed by atoms with Gasteiger partial charge in [-0.2, -0.15) is 0 Å². The summed E-state index contributed by atoms with van der Waals surface area (Å²) >= 11 is 8.18. The third-order valence-corrected chi connectivity index (χ3v) is 6.21. The Kier molecular flexibility index (Phi) is 5.19. The molecule has 0 aliphatic rings. The number of sulfonamides is 1. The van der Waals surface area contributed by atoms with E-state index in [4.69, 9.17) is 0 Å². The van der Waals surface area contributed by atoms with Crippen LogP contribution >= 0.6 is 43.2 Å². The fourth-order valence-electron chi connectivity index (χ4n) is 1.45. The smallest absolute Gasteiger partial charge is 0.207 e. The molecule has 1 heterocycles. The number of alkyl halides is 1. The molecule has 0 fully saturated rings. The number of rotatable bonds is 5. The van der Waals surface area contributed by atoms with Crippen LogP contribution in [-0.2, 0) is 21.9 Å². The van der Waals surface area contributed by atoms with E-state index in [9.17, 15) is 8.42 Å². The van der Waals surface area contributed by atoms with E-state index in [1.54, 1.807) is 24.3 Å². The normalized spacial score (nSPS) is 11.7. The summed E-state index contributed by atoms with van der Waals surface area (Å²) in [6, 6.07) is 8.73. The predicted octanol–water partition coefficient (Wildman–Crippen LogP) is 3.88. The second-order valence-corrected chi connectivity index (χ2v) is 8.07. The minimum Gasteiger partial charge on any atom is -0.207 e. The van der Waals surface area contributed by atoms with E-state index in [0.29, 0.717) is 11.9 Å². The van der Waals surface area contributed by atoms with E-state index in [1.807, 2.05) is 11.4 Å². The molecule has 19 heavy (non-hydrogen) atoms. The van der Waals surface area contributed by atoms with E-state index in [0.717, 1.165) is 14.9 Å². The number of hydrogen-bond acceptors (Lipinski definition) is 3. The van der Waals surface area contributed by atoms with E-state index < -0.39 is 10.0 Å². The standard InChI is InChI=1S/C12H11Br2NO2S2/c13-6-9-1-3-12(4-2-9)19(16,17)15-7-11-5-10(14)8-18-11/h1-5,8,15H,6-7H2. The van der Waals surface area contributed by atoms with Gasteiger partial charge in [-0.3, -0.25) is 0 Å². The maximum atomic E-state index is 12.1. The van der Waals surface area contributed by atoms with Crippen LogP contribution in [0.25, 0.3) is 0 Å². The van der Waals surface area contributed by atoms with Gasteiger partial charge >= 0.3 is 0 Å². The number of hydrogen-bond donors (Lipinski definition) is 1. The van der Waals surface area contributed by atoms with Gasteiger partial charge in [0.2, 0.25) is 10.0 Å². The van der Waals surface area contributed by atoms with E-state index >= 15 is 0 Å². The molecule has 1 aromatic heterocycles. The summed E-state index contributed by atoms with van der Waals surface area (Å²) in [6.07, 6.45) is 0. The Labute approximate surface area is 133 Å². The average Bonchev–Trinajstić information content (AvgIpc) is 2.82. The van der Waals surface area contributed by atoms with Crippen LogP contribution in [0.4, 0.5) is 0 Å². The molecule has 0 saturated carbocycles. The third kappa shape index (κ3) is 4.13. The van der Waals surface area contributed by atoms with E-state index in [1.165, 1.54) is 11.3 Å². The van der Waals surface area contributed by atoms with Gasteiger partial charge in [0.05, 0.1) is 4.90 Å². The molecular formula is C12H11Br2NO2S2. The molecule has 7 heteroatoms. The Balaban J connectivity index is 2.09. The second-order valence-electron chi connectivity index (χ2n) is 3.83. The van der Waals surface area contributed by atoms with Crippen LogP contribution in [0, 0.1) is 0 Å². The molecule has 0 radical (unpaired) electrons. The zero-order chi connectivity index (χ0) is 13.9. The maximum Gasteiger partial charge on any atom is 0.240 e. The van der Waals surface area contributed by atoms with Crippen LogP contribution in [0.1, 0.15) is 10.4 Å². The van der Waals surface area contributed by atoms with Crippen molar-refractivity contribution in [1.29, 1.82) is 0 Å². The Morgan fingerprint density at radius 2 is 1.89 bits per heavy atom. The molecule has 102 valence electrons. The highest BCUT2D eigenvalue weighted by Gasteiger charge is 2.13. The molecule has 1 aromatic carbocycles. The molecule has 2 aromatic rings. The van der Waals surface area contributed by atoms with Crippen LogP contribution in [0.15, 0.2) is 45.1 Å².